The predicted molar refractivity (Wildman–Crippen MR) is 88.9 cm³/mol. The average Bonchev–Trinajstić information content (AvgIpc) is 2.53. The largest absolute Gasteiger partial charge is 0.389 e. The molecule has 2 aliphatic rings. The highest BCUT2D eigenvalue weighted by atomic mass is 16.3. The summed E-state index contributed by atoms with van der Waals surface area (Å²) in [6.45, 7) is 7.34. The maximum absolute atomic E-state index is 11.6. The summed E-state index contributed by atoms with van der Waals surface area (Å²) in [4.78, 5) is 35.8. The van der Waals surface area contributed by atoms with E-state index in [2.05, 4.69) is 9.97 Å². The number of Topliss-reactive ketones (excluding diaryl/α,β-unsaturated/α-hetero) is 1. The summed E-state index contributed by atoms with van der Waals surface area (Å²) in [5.74, 6) is 0.573. The van der Waals surface area contributed by atoms with E-state index in [0.29, 0.717) is 56.2 Å². The monoisotopic (exact) mass is 332 g/mol. The van der Waals surface area contributed by atoms with Gasteiger partial charge in [-0.05, 0) is 26.7 Å². The third-order valence-electron chi connectivity index (χ3n) is 5.34. The zero-order chi connectivity index (χ0) is 17.5. The quantitative estimate of drug-likeness (QED) is 0.806. The van der Waals surface area contributed by atoms with Gasteiger partial charge in [0.2, 0.25) is 11.9 Å². The number of ketones is 1. The predicted octanol–water partition coefficient (Wildman–Crippen LogP) is 0.797. The van der Waals surface area contributed by atoms with Crippen LogP contribution in [0.2, 0.25) is 0 Å². The molecule has 2 aliphatic heterocycles. The van der Waals surface area contributed by atoms with E-state index in [1.807, 2.05) is 4.90 Å². The Balaban J connectivity index is 1.79. The van der Waals surface area contributed by atoms with Crippen LogP contribution in [0.1, 0.15) is 42.7 Å². The molecular weight excluding hydrogens is 308 g/mol. The van der Waals surface area contributed by atoms with E-state index in [-0.39, 0.29) is 17.6 Å². The van der Waals surface area contributed by atoms with Gasteiger partial charge in [0.25, 0.3) is 0 Å². The van der Waals surface area contributed by atoms with E-state index < -0.39 is 5.60 Å². The van der Waals surface area contributed by atoms with E-state index in [1.54, 1.807) is 24.9 Å². The molecule has 1 N–H and O–H groups in total. The standard InChI is InChI=1S/C17H24N4O3/c1-11-15(12(2)22)8-18-16(19-11)21-7-5-17(24)4-6-20(13(3)23)9-14(17)10-21/h8,14,24H,4-7,9-10H2,1-3H3/t14-,17-/m0/s1. The molecule has 1 aromatic heterocycles. The van der Waals surface area contributed by atoms with Crippen LogP contribution in [0, 0.1) is 12.8 Å². The Kier molecular flexibility index (Phi) is 4.29. The molecule has 0 radical (unpaired) electrons. The average molecular weight is 332 g/mol. The number of aromatic nitrogens is 2. The van der Waals surface area contributed by atoms with E-state index in [4.69, 9.17) is 0 Å². The lowest BCUT2D eigenvalue weighted by molar-refractivity contribution is -0.139. The van der Waals surface area contributed by atoms with Crippen molar-refractivity contribution in [3.05, 3.63) is 17.5 Å². The number of anilines is 1. The third kappa shape index (κ3) is 3.00. The molecule has 2 atom stereocenters. The van der Waals surface area contributed by atoms with Crippen LogP contribution in [0.25, 0.3) is 0 Å². The summed E-state index contributed by atoms with van der Waals surface area (Å²) in [6, 6.07) is 0. The van der Waals surface area contributed by atoms with E-state index in [1.165, 1.54) is 6.92 Å². The van der Waals surface area contributed by atoms with Crippen LogP contribution < -0.4 is 4.90 Å². The summed E-state index contributed by atoms with van der Waals surface area (Å²) in [6.07, 6.45) is 2.83. The minimum atomic E-state index is -0.711. The molecule has 0 saturated carbocycles. The Morgan fingerprint density at radius 2 is 1.96 bits per heavy atom. The minimum Gasteiger partial charge on any atom is -0.389 e. The smallest absolute Gasteiger partial charge is 0.225 e. The van der Waals surface area contributed by atoms with Gasteiger partial charge in [-0.2, -0.15) is 0 Å². The SMILES string of the molecule is CC(=O)c1cnc(N2CC[C@@]3(O)CCN(C(C)=O)C[C@H]3C2)nc1C. The van der Waals surface area contributed by atoms with Crippen molar-refractivity contribution in [3.63, 3.8) is 0 Å². The Hall–Kier alpha value is -2.02. The maximum Gasteiger partial charge on any atom is 0.225 e. The van der Waals surface area contributed by atoms with Gasteiger partial charge in [0.1, 0.15) is 0 Å². The van der Waals surface area contributed by atoms with Gasteiger partial charge in [-0.1, -0.05) is 0 Å². The second-order valence-electron chi connectivity index (χ2n) is 6.94. The fraction of sp³-hybridized carbons (Fsp3) is 0.647. The number of nitrogens with zero attached hydrogens (tertiary/aromatic N) is 4. The van der Waals surface area contributed by atoms with E-state index >= 15 is 0 Å². The van der Waals surface area contributed by atoms with Crippen LogP contribution in [-0.4, -0.2) is 63.4 Å². The molecule has 7 heteroatoms. The molecule has 0 unspecified atom stereocenters. The van der Waals surface area contributed by atoms with Gasteiger partial charge in [-0.3, -0.25) is 9.59 Å². The van der Waals surface area contributed by atoms with Gasteiger partial charge in [0, 0.05) is 45.2 Å². The van der Waals surface area contributed by atoms with Gasteiger partial charge in [-0.15, -0.1) is 0 Å². The summed E-state index contributed by atoms with van der Waals surface area (Å²) < 4.78 is 0. The van der Waals surface area contributed by atoms with Gasteiger partial charge >= 0.3 is 0 Å². The second kappa shape index (κ2) is 6.12. The Labute approximate surface area is 141 Å². The molecular formula is C17H24N4O3. The summed E-state index contributed by atoms with van der Waals surface area (Å²) in [7, 11) is 0. The van der Waals surface area contributed by atoms with Crippen molar-refractivity contribution in [3.8, 4) is 0 Å². The second-order valence-corrected chi connectivity index (χ2v) is 6.94. The number of hydrogen-bond acceptors (Lipinski definition) is 6. The van der Waals surface area contributed by atoms with Gasteiger partial charge in [0.05, 0.1) is 16.9 Å². The van der Waals surface area contributed by atoms with Crippen molar-refractivity contribution in [1.82, 2.24) is 14.9 Å². The Morgan fingerprint density at radius 1 is 1.25 bits per heavy atom. The van der Waals surface area contributed by atoms with Crippen LogP contribution in [0.5, 0.6) is 0 Å². The first-order chi connectivity index (χ1) is 11.3. The summed E-state index contributed by atoms with van der Waals surface area (Å²) in [5, 5.41) is 10.9. The van der Waals surface area contributed by atoms with Crippen molar-refractivity contribution >= 4 is 17.6 Å². The van der Waals surface area contributed by atoms with Crippen LogP contribution in [-0.2, 0) is 4.79 Å². The highest BCUT2D eigenvalue weighted by Crippen LogP contribution is 2.36. The molecule has 0 spiro atoms. The minimum absolute atomic E-state index is 0.0136. The first-order valence-electron chi connectivity index (χ1n) is 8.37. The molecule has 1 aromatic rings. The van der Waals surface area contributed by atoms with Crippen LogP contribution >= 0.6 is 0 Å². The molecule has 3 rings (SSSR count). The number of hydrogen-bond donors (Lipinski definition) is 1. The van der Waals surface area contributed by atoms with E-state index in [0.717, 1.165) is 0 Å². The van der Waals surface area contributed by atoms with Crippen molar-refractivity contribution in [1.29, 1.82) is 0 Å². The third-order valence-corrected chi connectivity index (χ3v) is 5.34. The van der Waals surface area contributed by atoms with E-state index in [9.17, 15) is 14.7 Å². The number of fused-ring (bicyclic) bond motifs is 1. The number of likely N-dealkylation sites (tertiary alicyclic amines) is 1. The van der Waals surface area contributed by atoms with Crippen LogP contribution in [0.15, 0.2) is 6.20 Å². The van der Waals surface area contributed by atoms with Crippen LogP contribution in [0.4, 0.5) is 5.95 Å². The molecule has 7 nitrogen and oxygen atoms in total. The van der Waals surface area contributed by atoms with Crippen molar-refractivity contribution in [2.45, 2.75) is 39.2 Å². The molecule has 24 heavy (non-hydrogen) atoms. The van der Waals surface area contributed by atoms with Crippen molar-refractivity contribution in [2.75, 3.05) is 31.1 Å². The molecule has 2 fully saturated rings. The number of carbonyl (C=O) groups excluding carboxylic acids is 2. The number of amides is 1. The first kappa shape index (κ1) is 16.8. The zero-order valence-corrected chi connectivity index (χ0v) is 14.4. The lowest BCUT2D eigenvalue weighted by Gasteiger charge is -2.50. The fourth-order valence-electron chi connectivity index (χ4n) is 3.72. The number of carbonyl (C=O) groups is 2. The van der Waals surface area contributed by atoms with Crippen molar-refractivity contribution in [2.24, 2.45) is 5.92 Å². The summed E-state index contributed by atoms with van der Waals surface area (Å²) >= 11 is 0. The van der Waals surface area contributed by atoms with Gasteiger partial charge < -0.3 is 14.9 Å². The highest BCUT2D eigenvalue weighted by Gasteiger charge is 2.45. The van der Waals surface area contributed by atoms with Crippen molar-refractivity contribution < 1.29 is 14.7 Å². The molecule has 3 heterocycles. The number of rotatable bonds is 2. The molecule has 1 amide bonds. The van der Waals surface area contributed by atoms with Gasteiger partial charge in [0.15, 0.2) is 5.78 Å². The number of piperidine rings is 2. The summed E-state index contributed by atoms with van der Waals surface area (Å²) in [5.41, 5.74) is 0.492. The molecule has 0 bridgehead atoms. The lowest BCUT2D eigenvalue weighted by atomic mass is 9.75. The molecule has 0 aromatic carbocycles. The Morgan fingerprint density at radius 3 is 2.58 bits per heavy atom. The topological polar surface area (TPSA) is 86.6 Å². The fourth-order valence-corrected chi connectivity index (χ4v) is 3.72. The van der Waals surface area contributed by atoms with Gasteiger partial charge in [-0.25, -0.2) is 9.97 Å². The zero-order valence-electron chi connectivity index (χ0n) is 14.4. The molecule has 2 saturated heterocycles. The Bertz CT molecular complexity index is 678. The van der Waals surface area contributed by atoms with Crippen LogP contribution in [0.3, 0.4) is 0 Å². The highest BCUT2D eigenvalue weighted by molar-refractivity contribution is 5.94. The number of aryl methyl sites for hydroxylation is 1. The first-order valence-corrected chi connectivity index (χ1v) is 8.37. The normalized spacial score (nSPS) is 26.9. The maximum atomic E-state index is 11.6. The molecule has 130 valence electrons. The number of aliphatic hydroxyl groups is 1. The lowest BCUT2D eigenvalue weighted by Crippen LogP contribution is -2.60. The molecule has 0 aliphatic carbocycles.